The molecule has 1 unspecified atom stereocenters. The predicted molar refractivity (Wildman–Crippen MR) is 99.2 cm³/mol. The molecule has 2 heterocycles. The lowest BCUT2D eigenvalue weighted by molar-refractivity contribution is -0.138. The molecule has 0 aliphatic carbocycles. The molecule has 1 N–H and O–H groups in total. The van der Waals surface area contributed by atoms with Crippen LogP contribution in [0.25, 0.3) is 5.69 Å². The molecule has 0 spiro atoms. The quantitative estimate of drug-likeness (QED) is 0.664. The van der Waals surface area contributed by atoms with Gasteiger partial charge < -0.3 is 5.32 Å². The number of aromatic nitrogens is 3. The molecule has 1 aromatic heterocycles. The molecule has 1 atom stereocenters. The fourth-order valence-corrected chi connectivity index (χ4v) is 3.26. The normalized spacial score (nSPS) is 19.3. The molecule has 1 saturated heterocycles. The van der Waals surface area contributed by atoms with Crippen LogP contribution in [-0.4, -0.2) is 31.8 Å². The van der Waals surface area contributed by atoms with E-state index in [1.54, 1.807) is 12.1 Å². The molecule has 154 valence electrons. The molecular weight excluding hydrogens is 399 g/mol. The lowest BCUT2D eigenvalue weighted by Crippen LogP contribution is -2.41. The number of amides is 3. The summed E-state index contributed by atoms with van der Waals surface area (Å²) in [6.45, 7) is 1.22. The maximum atomic E-state index is 13.1. The van der Waals surface area contributed by atoms with Crippen molar-refractivity contribution in [2.75, 3.05) is 0 Å². The topological polar surface area (TPSA) is 80.1 Å². The van der Waals surface area contributed by atoms with Gasteiger partial charge in [-0.15, -0.1) is 0 Å². The summed E-state index contributed by atoms with van der Waals surface area (Å²) in [5.41, 5.74) is -1.41. The molecule has 3 amide bonds. The van der Waals surface area contributed by atoms with Crippen LogP contribution in [0.3, 0.4) is 0 Å². The van der Waals surface area contributed by atoms with Crippen LogP contribution >= 0.6 is 0 Å². The van der Waals surface area contributed by atoms with E-state index in [-0.39, 0.29) is 12.1 Å². The van der Waals surface area contributed by atoms with Gasteiger partial charge in [0.2, 0.25) is 0 Å². The van der Waals surface area contributed by atoms with Crippen LogP contribution in [0.4, 0.5) is 18.0 Å². The van der Waals surface area contributed by atoms with E-state index in [9.17, 15) is 22.8 Å². The molecule has 4 rings (SSSR count). The molecule has 1 fully saturated rings. The Labute approximate surface area is 169 Å². The Kier molecular flexibility index (Phi) is 4.56. The fourth-order valence-electron chi connectivity index (χ4n) is 3.26. The summed E-state index contributed by atoms with van der Waals surface area (Å²) in [7, 11) is 0. The Morgan fingerprint density at radius 3 is 2.50 bits per heavy atom. The smallest absolute Gasteiger partial charge is 0.319 e. The molecule has 30 heavy (non-hydrogen) atoms. The van der Waals surface area contributed by atoms with E-state index in [1.807, 2.05) is 18.2 Å². The lowest BCUT2D eigenvalue weighted by Gasteiger charge is -2.23. The number of nitrogens with one attached hydrogen (secondary N) is 1. The molecule has 0 radical (unpaired) electrons. The molecule has 1 aliphatic rings. The van der Waals surface area contributed by atoms with Gasteiger partial charge >= 0.3 is 12.2 Å². The zero-order valence-electron chi connectivity index (χ0n) is 15.7. The Hall–Kier alpha value is -3.69. The van der Waals surface area contributed by atoms with Crippen molar-refractivity contribution in [3.63, 3.8) is 0 Å². The number of urea groups is 1. The molecule has 2 aromatic carbocycles. The maximum Gasteiger partial charge on any atom is 0.416 e. The number of halogens is 3. The molecular formula is C20H16F3N5O2. The van der Waals surface area contributed by atoms with Gasteiger partial charge in [0, 0.05) is 0 Å². The van der Waals surface area contributed by atoms with Gasteiger partial charge in [-0.3, -0.25) is 9.69 Å². The number of nitrogens with zero attached hydrogens (tertiary/aromatic N) is 4. The minimum absolute atomic E-state index is 0.0473. The first-order chi connectivity index (χ1) is 14.2. The molecule has 1 aliphatic heterocycles. The molecule has 3 aromatic rings. The number of hydrogen-bond acceptors (Lipinski definition) is 4. The monoisotopic (exact) mass is 415 g/mol. The van der Waals surface area contributed by atoms with Crippen LogP contribution in [0.2, 0.25) is 0 Å². The van der Waals surface area contributed by atoms with Gasteiger partial charge in [-0.1, -0.05) is 30.3 Å². The highest BCUT2D eigenvalue weighted by Crippen LogP contribution is 2.34. The summed E-state index contributed by atoms with van der Waals surface area (Å²) in [6, 6.07) is 12.7. The van der Waals surface area contributed by atoms with Crippen LogP contribution in [0, 0.1) is 0 Å². The van der Waals surface area contributed by atoms with E-state index in [0.29, 0.717) is 11.4 Å². The van der Waals surface area contributed by atoms with E-state index in [1.165, 1.54) is 30.0 Å². The van der Waals surface area contributed by atoms with Crippen LogP contribution in [-0.2, 0) is 23.1 Å². The Balaban J connectivity index is 1.58. The Bertz CT molecular complexity index is 1110. The lowest BCUT2D eigenvalue weighted by atomic mass is 9.90. The molecule has 0 bridgehead atoms. The summed E-state index contributed by atoms with van der Waals surface area (Å²) in [4.78, 5) is 27.7. The molecule has 10 heteroatoms. The zero-order valence-corrected chi connectivity index (χ0v) is 15.7. The van der Waals surface area contributed by atoms with Gasteiger partial charge in [0.15, 0.2) is 0 Å². The third kappa shape index (κ3) is 3.40. The zero-order chi connectivity index (χ0) is 21.5. The fraction of sp³-hybridized carbons (Fsp3) is 0.200. The van der Waals surface area contributed by atoms with Crippen molar-refractivity contribution in [3.05, 3.63) is 77.6 Å². The Morgan fingerprint density at radius 1 is 1.07 bits per heavy atom. The number of carbonyl (C=O) groups excluding carboxylic acids is 2. The van der Waals surface area contributed by atoms with E-state index in [0.717, 1.165) is 17.0 Å². The summed E-state index contributed by atoms with van der Waals surface area (Å²) >= 11 is 0. The Morgan fingerprint density at radius 2 is 1.80 bits per heavy atom. The minimum Gasteiger partial charge on any atom is -0.319 e. The highest BCUT2D eigenvalue weighted by atomic mass is 19.4. The van der Waals surface area contributed by atoms with Crippen LogP contribution in [0.5, 0.6) is 0 Å². The van der Waals surface area contributed by atoms with Crippen molar-refractivity contribution in [1.29, 1.82) is 0 Å². The highest BCUT2D eigenvalue weighted by molar-refractivity contribution is 6.07. The third-order valence-corrected chi connectivity index (χ3v) is 4.89. The first-order valence-electron chi connectivity index (χ1n) is 8.97. The SMILES string of the molecule is CC1(c2cccc(C(F)(F)F)c2)NC(=O)N(Cc2cnn(-c3ccccc3)n2)C1=O. The number of rotatable bonds is 4. The first-order valence-corrected chi connectivity index (χ1v) is 8.97. The highest BCUT2D eigenvalue weighted by Gasteiger charge is 2.49. The van der Waals surface area contributed by atoms with Crippen LogP contribution in [0.1, 0.15) is 23.7 Å². The van der Waals surface area contributed by atoms with Crippen molar-refractivity contribution < 1.29 is 22.8 Å². The number of alkyl halides is 3. The average molecular weight is 415 g/mol. The number of carbonyl (C=O) groups is 2. The first kappa shape index (κ1) is 19.6. The van der Waals surface area contributed by atoms with Crippen LogP contribution < -0.4 is 5.32 Å². The second-order valence-electron chi connectivity index (χ2n) is 6.99. The maximum absolute atomic E-state index is 13.1. The van der Waals surface area contributed by atoms with Crippen molar-refractivity contribution in [2.24, 2.45) is 0 Å². The van der Waals surface area contributed by atoms with Crippen molar-refractivity contribution in [2.45, 2.75) is 25.2 Å². The average Bonchev–Trinajstić information content (AvgIpc) is 3.28. The van der Waals surface area contributed by atoms with Crippen molar-refractivity contribution in [1.82, 2.24) is 25.2 Å². The summed E-state index contributed by atoms with van der Waals surface area (Å²) in [5, 5.41) is 10.9. The van der Waals surface area contributed by atoms with Gasteiger partial charge in [-0.25, -0.2) is 4.79 Å². The summed E-state index contributed by atoms with van der Waals surface area (Å²) < 4.78 is 39.2. The minimum atomic E-state index is -4.56. The molecule has 7 nitrogen and oxygen atoms in total. The second kappa shape index (κ2) is 6.97. The van der Waals surface area contributed by atoms with Crippen molar-refractivity contribution in [3.8, 4) is 5.69 Å². The van der Waals surface area contributed by atoms with E-state index in [4.69, 9.17) is 0 Å². The van der Waals surface area contributed by atoms with Gasteiger partial charge in [-0.05, 0) is 36.8 Å². The van der Waals surface area contributed by atoms with Gasteiger partial charge in [-0.2, -0.15) is 28.2 Å². The number of benzene rings is 2. The van der Waals surface area contributed by atoms with Gasteiger partial charge in [0.1, 0.15) is 11.2 Å². The van der Waals surface area contributed by atoms with Gasteiger partial charge in [0.05, 0.1) is 24.0 Å². The van der Waals surface area contributed by atoms with Crippen LogP contribution in [0.15, 0.2) is 60.8 Å². The van der Waals surface area contributed by atoms with E-state index >= 15 is 0 Å². The van der Waals surface area contributed by atoms with Gasteiger partial charge in [0.25, 0.3) is 5.91 Å². The summed E-state index contributed by atoms with van der Waals surface area (Å²) in [6.07, 6.45) is -3.14. The largest absolute Gasteiger partial charge is 0.416 e. The standard InChI is InChI=1S/C20H16F3N5O2/c1-19(13-6-5-7-14(10-13)20(21,22)23)17(29)27(18(30)25-19)12-15-11-24-28(26-15)16-8-3-2-4-9-16/h2-11H,12H2,1H3,(H,25,30). The van der Waals surface area contributed by atoms with Crippen molar-refractivity contribution >= 4 is 11.9 Å². The second-order valence-corrected chi connectivity index (χ2v) is 6.99. The predicted octanol–water partition coefficient (Wildman–Crippen LogP) is 3.25. The number of hydrogen-bond donors (Lipinski definition) is 1. The third-order valence-electron chi connectivity index (χ3n) is 4.89. The molecule has 0 saturated carbocycles. The number of imide groups is 1. The summed E-state index contributed by atoms with van der Waals surface area (Å²) in [5.74, 6) is -0.666. The van der Waals surface area contributed by atoms with E-state index < -0.39 is 29.2 Å². The number of para-hydroxylation sites is 1. The van der Waals surface area contributed by atoms with E-state index in [2.05, 4.69) is 15.5 Å².